The molecule has 3 N–H and O–H groups in total. The topological polar surface area (TPSA) is 69.6 Å². The van der Waals surface area contributed by atoms with Crippen LogP contribution in [-0.2, 0) is 0 Å². The summed E-state index contributed by atoms with van der Waals surface area (Å²) in [4.78, 5) is 12.0. The van der Waals surface area contributed by atoms with E-state index in [1.807, 2.05) is 0 Å². The van der Waals surface area contributed by atoms with Crippen molar-refractivity contribution >= 4 is 21.8 Å². The van der Waals surface area contributed by atoms with Gasteiger partial charge in [0.2, 0.25) is 0 Å². The van der Waals surface area contributed by atoms with Crippen LogP contribution >= 0.6 is 15.9 Å². The Hall–Kier alpha value is -1.23. The fourth-order valence-corrected chi connectivity index (χ4v) is 2.82. The molecule has 106 valence electrons. The second kappa shape index (κ2) is 6.80. The lowest BCUT2D eigenvalue weighted by Crippen LogP contribution is -2.38. The quantitative estimate of drug-likeness (QED) is 0.702. The van der Waals surface area contributed by atoms with Gasteiger partial charge in [0.05, 0.1) is 0 Å². The van der Waals surface area contributed by atoms with Gasteiger partial charge in [-0.1, -0.05) is 29.8 Å². The van der Waals surface area contributed by atoms with Crippen molar-refractivity contribution in [3.05, 3.63) is 23.8 Å². The number of aromatic hydroxyl groups is 2. The van der Waals surface area contributed by atoms with Crippen molar-refractivity contribution < 1.29 is 15.0 Å². The minimum atomic E-state index is -0.293. The molecule has 0 unspecified atom stereocenters. The van der Waals surface area contributed by atoms with Crippen molar-refractivity contribution in [2.45, 2.75) is 26.7 Å². The summed E-state index contributed by atoms with van der Waals surface area (Å²) < 4.78 is 0. The van der Waals surface area contributed by atoms with Gasteiger partial charge >= 0.3 is 0 Å². The molecule has 0 spiro atoms. The summed E-state index contributed by atoms with van der Waals surface area (Å²) in [5.41, 5.74) is 0.294. The third-order valence-corrected chi connectivity index (χ3v) is 4.76. The highest BCUT2D eigenvalue weighted by molar-refractivity contribution is 9.09. The summed E-state index contributed by atoms with van der Waals surface area (Å²) >= 11 is 3.49. The summed E-state index contributed by atoms with van der Waals surface area (Å²) in [7, 11) is 0. The van der Waals surface area contributed by atoms with E-state index in [2.05, 4.69) is 35.1 Å². The zero-order valence-electron chi connectivity index (χ0n) is 11.2. The Morgan fingerprint density at radius 3 is 2.16 bits per heavy atom. The van der Waals surface area contributed by atoms with Crippen LogP contribution in [0.4, 0.5) is 0 Å². The first-order valence-electron chi connectivity index (χ1n) is 6.33. The molecule has 1 amide bonds. The average Bonchev–Trinajstić information content (AvgIpc) is 2.39. The highest BCUT2D eigenvalue weighted by Gasteiger charge is 2.25. The maximum atomic E-state index is 12.0. The summed E-state index contributed by atoms with van der Waals surface area (Å²) in [5.74, 6) is -0.538. The molecule has 19 heavy (non-hydrogen) atoms. The number of hydrogen-bond acceptors (Lipinski definition) is 3. The Kier molecular flexibility index (Phi) is 5.66. The number of amides is 1. The number of carbonyl (C=O) groups is 1. The van der Waals surface area contributed by atoms with Gasteiger partial charge in [-0.3, -0.25) is 4.79 Å². The SMILES string of the molecule is CCC(CC)(CBr)CNC(=O)c1cc(O)cc(O)c1. The van der Waals surface area contributed by atoms with E-state index >= 15 is 0 Å². The molecule has 0 saturated heterocycles. The Balaban J connectivity index is 2.74. The summed E-state index contributed by atoms with van der Waals surface area (Å²) in [6, 6.07) is 3.86. The lowest BCUT2D eigenvalue weighted by atomic mass is 9.84. The van der Waals surface area contributed by atoms with Gasteiger partial charge in [0, 0.05) is 23.5 Å². The zero-order chi connectivity index (χ0) is 14.5. The van der Waals surface area contributed by atoms with Crippen molar-refractivity contribution in [2.24, 2.45) is 5.41 Å². The van der Waals surface area contributed by atoms with E-state index in [9.17, 15) is 15.0 Å². The Bertz CT molecular complexity index is 416. The number of phenolic OH excluding ortho intramolecular Hbond substituents is 2. The van der Waals surface area contributed by atoms with Gasteiger partial charge in [-0.25, -0.2) is 0 Å². The highest BCUT2D eigenvalue weighted by Crippen LogP contribution is 2.28. The second-order valence-electron chi connectivity index (χ2n) is 4.76. The molecule has 0 bridgehead atoms. The van der Waals surface area contributed by atoms with Crippen LogP contribution in [0.2, 0.25) is 0 Å². The van der Waals surface area contributed by atoms with E-state index in [0.717, 1.165) is 18.2 Å². The molecule has 0 fully saturated rings. The summed E-state index contributed by atoms with van der Waals surface area (Å²) in [6.07, 6.45) is 1.92. The largest absolute Gasteiger partial charge is 0.508 e. The van der Waals surface area contributed by atoms with E-state index in [1.54, 1.807) is 0 Å². The van der Waals surface area contributed by atoms with Crippen LogP contribution in [0.25, 0.3) is 0 Å². The van der Waals surface area contributed by atoms with E-state index in [-0.39, 0.29) is 28.4 Å². The highest BCUT2D eigenvalue weighted by atomic mass is 79.9. The number of benzene rings is 1. The standard InChI is InChI=1S/C14H20BrNO3/c1-3-14(4-2,8-15)9-16-13(19)10-5-11(17)7-12(18)6-10/h5-7,17-18H,3-4,8-9H2,1-2H3,(H,16,19). The average molecular weight is 330 g/mol. The monoisotopic (exact) mass is 329 g/mol. The summed E-state index contributed by atoms with van der Waals surface area (Å²) in [6.45, 7) is 4.74. The Morgan fingerprint density at radius 2 is 1.74 bits per heavy atom. The molecule has 0 aliphatic carbocycles. The van der Waals surface area contributed by atoms with Gasteiger partial charge in [0.25, 0.3) is 5.91 Å². The van der Waals surface area contributed by atoms with Crippen LogP contribution < -0.4 is 5.32 Å². The summed E-state index contributed by atoms with van der Waals surface area (Å²) in [5, 5.41) is 22.4. The molecule has 0 aliphatic heterocycles. The number of halogens is 1. The molecule has 4 nitrogen and oxygen atoms in total. The maximum absolute atomic E-state index is 12.0. The first-order valence-corrected chi connectivity index (χ1v) is 7.45. The normalized spacial score (nSPS) is 11.3. The number of nitrogens with one attached hydrogen (secondary N) is 1. The smallest absolute Gasteiger partial charge is 0.251 e. The third kappa shape index (κ3) is 4.13. The molecule has 0 aromatic heterocycles. The van der Waals surface area contributed by atoms with Gasteiger partial charge in [0.1, 0.15) is 11.5 Å². The van der Waals surface area contributed by atoms with Crippen molar-refractivity contribution in [1.29, 1.82) is 0 Å². The molecule has 1 aromatic carbocycles. The number of rotatable bonds is 6. The number of hydrogen-bond donors (Lipinski definition) is 3. The van der Waals surface area contributed by atoms with E-state index in [0.29, 0.717) is 6.54 Å². The Labute approximate surface area is 122 Å². The van der Waals surface area contributed by atoms with Crippen molar-refractivity contribution in [2.75, 3.05) is 11.9 Å². The van der Waals surface area contributed by atoms with Crippen LogP contribution in [-0.4, -0.2) is 28.0 Å². The molecular weight excluding hydrogens is 310 g/mol. The third-order valence-electron chi connectivity index (χ3n) is 3.57. The van der Waals surface area contributed by atoms with Crippen LogP contribution in [0.1, 0.15) is 37.0 Å². The number of phenols is 2. The molecule has 0 saturated carbocycles. The van der Waals surface area contributed by atoms with Gasteiger partial charge in [-0.05, 0) is 30.4 Å². The molecule has 1 rings (SSSR count). The molecule has 0 heterocycles. The first kappa shape index (κ1) is 15.8. The minimum Gasteiger partial charge on any atom is -0.508 e. The van der Waals surface area contributed by atoms with E-state index < -0.39 is 0 Å². The predicted octanol–water partition coefficient (Wildman–Crippen LogP) is 3.03. The van der Waals surface area contributed by atoms with Crippen molar-refractivity contribution in [3.63, 3.8) is 0 Å². The van der Waals surface area contributed by atoms with Gasteiger partial charge in [-0.2, -0.15) is 0 Å². The zero-order valence-corrected chi connectivity index (χ0v) is 12.8. The minimum absolute atomic E-state index is 0.0362. The van der Waals surface area contributed by atoms with Crippen molar-refractivity contribution in [3.8, 4) is 11.5 Å². The van der Waals surface area contributed by atoms with Gasteiger partial charge in [0.15, 0.2) is 0 Å². The lowest BCUT2D eigenvalue weighted by molar-refractivity contribution is 0.0931. The fourth-order valence-electron chi connectivity index (χ4n) is 1.83. The van der Waals surface area contributed by atoms with Crippen LogP contribution in [0.5, 0.6) is 11.5 Å². The molecule has 0 atom stereocenters. The molecule has 1 aromatic rings. The molecule has 0 radical (unpaired) electrons. The molecule has 5 heteroatoms. The fraction of sp³-hybridized carbons (Fsp3) is 0.500. The maximum Gasteiger partial charge on any atom is 0.251 e. The first-order chi connectivity index (χ1) is 8.96. The number of alkyl halides is 1. The van der Waals surface area contributed by atoms with Gasteiger partial charge in [-0.15, -0.1) is 0 Å². The second-order valence-corrected chi connectivity index (χ2v) is 5.32. The number of carbonyl (C=O) groups excluding carboxylic acids is 1. The lowest BCUT2D eigenvalue weighted by Gasteiger charge is -2.29. The van der Waals surface area contributed by atoms with E-state index in [4.69, 9.17) is 0 Å². The Morgan fingerprint density at radius 1 is 1.21 bits per heavy atom. The van der Waals surface area contributed by atoms with Crippen molar-refractivity contribution in [1.82, 2.24) is 5.32 Å². The predicted molar refractivity (Wildman–Crippen MR) is 78.9 cm³/mol. The molecular formula is C14H20BrNO3. The van der Waals surface area contributed by atoms with E-state index in [1.165, 1.54) is 18.2 Å². The van der Waals surface area contributed by atoms with Crippen LogP contribution in [0, 0.1) is 5.41 Å². The van der Waals surface area contributed by atoms with Crippen LogP contribution in [0.15, 0.2) is 18.2 Å². The van der Waals surface area contributed by atoms with Crippen LogP contribution in [0.3, 0.4) is 0 Å². The van der Waals surface area contributed by atoms with Gasteiger partial charge < -0.3 is 15.5 Å². The molecule has 0 aliphatic rings.